The summed E-state index contributed by atoms with van der Waals surface area (Å²) >= 11 is 5.19. The molecule has 9 heavy (non-hydrogen) atoms. The van der Waals surface area contributed by atoms with Crippen LogP contribution in [0.4, 0.5) is 0 Å². The predicted molar refractivity (Wildman–Crippen MR) is 32.4 cm³/mol. The van der Waals surface area contributed by atoms with E-state index in [1.807, 2.05) is 0 Å². The van der Waals surface area contributed by atoms with Crippen molar-refractivity contribution in [3.05, 3.63) is 0 Å². The van der Waals surface area contributed by atoms with Crippen LogP contribution in [0.15, 0.2) is 0 Å². The predicted octanol–water partition coefficient (Wildman–Crippen LogP) is -0.526. The number of primary amides is 1. The molecule has 0 aromatic rings. The topological polar surface area (TPSA) is 63.4 Å². The minimum Gasteiger partial charge on any atom is -0.361 e. The van der Waals surface area contributed by atoms with E-state index in [0.29, 0.717) is 0 Å². The van der Waals surface area contributed by atoms with Crippen molar-refractivity contribution < 1.29 is 9.59 Å². The lowest BCUT2D eigenvalue weighted by Gasteiger charge is -2.05. The molecule has 0 fully saturated rings. The summed E-state index contributed by atoms with van der Waals surface area (Å²) in [4.78, 5) is 20.4. The Balaban J connectivity index is 3.88. The molecule has 0 unspecified atom stereocenters. The molecule has 0 atom stereocenters. The van der Waals surface area contributed by atoms with E-state index in [0.717, 1.165) is 4.42 Å². The third-order valence-corrected chi connectivity index (χ3v) is 1.10. The van der Waals surface area contributed by atoms with E-state index < -0.39 is 11.8 Å². The molecule has 0 spiro atoms. The van der Waals surface area contributed by atoms with Crippen molar-refractivity contribution in [2.45, 2.75) is 6.92 Å². The van der Waals surface area contributed by atoms with Gasteiger partial charge in [0, 0.05) is 18.3 Å². The number of carbonyl (C=O) groups excluding carboxylic acids is 2. The summed E-state index contributed by atoms with van der Waals surface area (Å²) in [5.41, 5.74) is 4.60. The summed E-state index contributed by atoms with van der Waals surface area (Å²) < 4.78 is 0.725. The molecule has 0 heterocycles. The molecule has 4 nitrogen and oxygen atoms in total. The molecule has 0 rings (SSSR count). The standard InChI is InChI=1S/C4H7ClN2O2/c1-2-7(5)4(9)3(6)8/h2H2,1H3,(H2,6,8). The lowest BCUT2D eigenvalue weighted by molar-refractivity contribution is -0.140. The van der Waals surface area contributed by atoms with E-state index in [1.54, 1.807) is 6.92 Å². The minimum absolute atomic E-state index is 0.267. The molecule has 2 N–H and O–H groups in total. The van der Waals surface area contributed by atoms with E-state index in [2.05, 4.69) is 5.73 Å². The van der Waals surface area contributed by atoms with Gasteiger partial charge in [-0.2, -0.15) is 0 Å². The summed E-state index contributed by atoms with van der Waals surface area (Å²) in [6.45, 7) is 1.90. The highest BCUT2D eigenvalue weighted by Crippen LogP contribution is 1.91. The van der Waals surface area contributed by atoms with Gasteiger partial charge in [0.25, 0.3) is 0 Å². The fraction of sp³-hybridized carbons (Fsp3) is 0.500. The largest absolute Gasteiger partial charge is 0.361 e. The first-order chi connectivity index (χ1) is 4.09. The average Bonchev–Trinajstić information content (AvgIpc) is 1.84. The smallest absolute Gasteiger partial charge is 0.325 e. The fourth-order valence-electron chi connectivity index (χ4n) is 0.263. The molecule has 0 aliphatic carbocycles. The number of halogens is 1. The summed E-state index contributed by atoms with van der Waals surface area (Å²) in [5, 5.41) is 0. The van der Waals surface area contributed by atoms with Crippen LogP contribution in [0.1, 0.15) is 6.92 Å². The lowest BCUT2D eigenvalue weighted by Crippen LogP contribution is -2.34. The van der Waals surface area contributed by atoms with Gasteiger partial charge in [0.2, 0.25) is 0 Å². The summed E-state index contributed by atoms with van der Waals surface area (Å²) in [6, 6.07) is 0. The zero-order valence-electron chi connectivity index (χ0n) is 4.93. The van der Waals surface area contributed by atoms with Gasteiger partial charge < -0.3 is 5.73 Å². The van der Waals surface area contributed by atoms with Crippen LogP contribution in [0, 0.1) is 0 Å². The monoisotopic (exact) mass is 150 g/mol. The molecule has 0 saturated carbocycles. The van der Waals surface area contributed by atoms with Gasteiger partial charge in [-0.3, -0.25) is 9.59 Å². The second kappa shape index (κ2) is 3.29. The molecule has 0 aliphatic rings. The van der Waals surface area contributed by atoms with Crippen molar-refractivity contribution in [2.24, 2.45) is 5.73 Å². The fourth-order valence-corrected chi connectivity index (χ4v) is 0.346. The molecule has 0 saturated heterocycles. The van der Waals surface area contributed by atoms with Crippen LogP contribution >= 0.6 is 11.8 Å². The van der Waals surface area contributed by atoms with Crippen LogP contribution in [-0.4, -0.2) is 22.8 Å². The maximum Gasteiger partial charge on any atom is 0.325 e. The lowest BCUT2D eigenvalue weighted by atomic mass is 10.5. The SMILES string of the molecule is CCN(Cl)C(=O)C(N)=O. The van der Waals surface area contributed by atoms with Gasteiger partial charge >= 0.3 is 11.8 Å². The third kappa shape index (κ3) is 2.32. The van der Waals surface area contributed by atoms with E-state index >= 15 is 0 Å². The first-order valence-electron chi connectivity index (χ1n) is 2.36. The first-order valence-corrected chi connectivity index (χ1v) is 2.70. The van der Waals surface area contributed by atoms with E-state index in [4.69, 9.17) is 11.8 Å². The number of hydrogen-bond donors (Lipinski definition) is 1. The van der Waals surface area contributed by atoms with E-state index in [-0.39, 0.29) is 6.54 Å². The van der Waals surface area contributed by atoms with Gasteiger partial charge in [0.05, 0.1) is 0 Å². The Morgan fingerprint density at radius 1 is 1.67 bits per heavy atom. The van der Waals surface area contributed by atoms with Crippen LogP contribution in [-0.2, 0) is 9.59 Å². The molecule has 0 aromatic carbocycles. The Labute approximate surface area is 57.7 Å². The van der Waals surface area contributed by atoms with Crippen molar-refractivity contribution in [2.75, 3.05) is 6.54 Å². The summed E-state index contributed by atoms with van der Waals surface area (Å²) in [5.74, 6) is -1.91. The van der Waals surface area contributed by atoms with Crippen molar-refractivity contribution in [3.63, 3.8) is 0 Å². The highest BCUT2D eigenvalue weighted by molar-refractivity contribution is 6.41. The zero-order chi connectivity index (χ0) is 7.44. The van der Waals surface area contributed by atoms with Crippen LogP contribution in [0.3, 0.4) is 0 Å². The molecular weight excluding hydrogens is 144 g/mol. The van der Waals surface area contributed by atoms with Gasteiger partial charge in [-0.1, -0.05) is 0 Å². The average molecular weight is 151 g/mol. The Hall–Kier alpha value is -0.770. The van der Waals surface area contributed by atoms with Crippen molar-refractivity contribution in [3.8, 4) is 0 Å². The van der Waals surface area contributed by atoms with Gasteiger partial charge in [-0.25, -0.2) is 4.42 Å². The van der Waals surface area contributed by atoms with E-state index in [1.165, 1.54) is 0 Å². The quantitative estimate of drug-likeness (QED) is 0.404. The number of nitrogens with zero attached hydrogens (tertiary/aromatic N) is 1. The third-order valence-electron chi connectivity index (χ3n) is 0.709. The normalized spacial score (nSPS) is 8.67. The number of nitrogens with two attached hydrogens (primary N) is 1. The molecule has 0 radical (unpaired) electrons. The maximum atomic E-state index is 10.4. The molecule has 0 aliphatic heterocycles. The van der Waals surface area contributed by atoms with Crippen molar-refractivity contribution >= 4 is 23.6 Å². The van der Waals surface area contributed by atoms with Crippen LogP contribution in [0.25, 0.3) is 0 Å². The molecular formula is C4H7ClN2O2. The second-order valence-corrected chi connectivity index (χ2v) is 1.76. The van der Waals surface area contributed by atoms with Crippen LogP contribution in [0.5, 0.6) is 0 Å². The second-order valence-electron chi connectivity index (χ2n) is 1.35. The Morgan fingerprint density at radius 3 is 2.22 bits per heavy atom. The van der Waals surface area contributed by atoms with Crippen LogP contribution in [0.2, 0.25) is 0 Å². The Kier molecular flexibility index (Phi) is 3.01. The zero-order valence-corrected chi connectivity index (χ0v) is 5.68. The molecule has 0 bridgehead atoms. The summed E-state index contributed by atoms with van der Waals surface area (Å²) in [6.07, 6.45) is 0. The Bertz CT molecular complexity index is 137. The Morgan fingerprint density at radius 2 is 2.11 bits per heavy atom. The molecule has 52 valence electrons. The number of rotatable bonds is 1. The number of amides is 2. The van der Waals surface area contributed by atoms with Crippen molar-refractivity contribution in [1.29, 1.82) is 0 Å². The van der Waals surface area contributed by atoms with E-state index in [9.17, 15) is 9.59 Å². The molecule has 5 heteroatoms. The van der Waals surface area contributed by atoms with Gasteiger partial charge in [0.15, 0.2) is 0 Å². The van der Waals surface area contributed by atoms with Crippen molar-refractivity contribution in [1.82, 2.24) is 4.42 Å². The summed E-state index contributed by atoms with van der Waals surface area (Å²) in [7, 11) is 0. The highest BCUT2D eigenvalue weighted by Gasteiger charge is 2.14. The van der Waals surface area contributed by atoms with Gasteiger partial charge in [0.1, 0.15) is 0 Å². The first kappa shape index (κ1) is 8.23. The van der Waals surface area contributed by atoms with Gasteiger partial charge in [-0.15, -0.1) is 0 Å². The number of likely N-dealkylation sites (N-methyl/N-ethyl adjacent to an activating group) is 1. The number of hydrogen-bond acceptors (Lipinski definition) is 2. The maximum absolute atomic E-state index is 10.4. The highest BCUT2D eigenvalue weighted by atomic mass is 35.5. The van der Waals surface area contributed by atoms with Gasteiger partial charge in [-0.05, 0) is 6.92 Å². The number of carbonyl (C=O) groups is 2. The minimum atomic E-state index is -1.04. The van der Waals surface area contributed by atoms with Crippen LogP contribution < -0.4 is 5.73 Å². The molecule has 0 aromatic heterocycles. The molecule has 2 amide bonds.